The van der Waals surface area contributed by atoms with Gasteiger partial charge in [-0.3, -0.25) is 4.79 Å². The van der Waals surface area contributed by atoms with Crippen LogP contribution in [0.25, 0.3) is 0 Å². The normalized spacial score (nSPS) is 10.9. The zero-order valence-electron chi connectivity index (χ0n) is 10.6. The molecule has 0 saturated heterocycles. The number of rotatable bonds is 5. The number of carbonyl (C=O) groups is 1. The van der Waals surface area contributed by atoms with Crippen LogP contribution in [0.4, 0.5) is 5.69 Å². The molecular formula is C14H21NO. The van der Waals surface area contributed by atoms with Crippen LogP contribution in [0, 0.1) is 5.92 Å². The van der Waals surface area contributed by atoms with E-state index in [2.05, 4.69) is 33.0 Å². The molecule has 0 aromatic heterocycles. The monoisotopic (exact) mass is 219 g/mol. The van der Waals surface area contributed by atoms with Crippen LogP contribution < -0.4 is 5.32 Å². The maximum Gasteiger partial charge on any atom is 0.165 e. The van der Waals surface area contributed by atoms with Gasteiger partial charge in [0.15, 0.2) is 5.78 Å². The number of anilines is 1. The molecule has 0 spiro atoms. The number of para-hydroxylation sites is 1. The first-order valence-corrected chi connectivity index (χ1v) is 5.89. The van der Waals surface area contributed by atoms with E-state index in [1.807, 2.05) is 24.3 Å². The summed E-state index contributed by atoms with van der Waals surface area (Å²) in [6.07, 6.45) is 0.608. The Labute approximate surface area is 98.1 Å². The van der Waals surface area contributed by atoms with E-state index in [1.165, 1.54) is 0 Å². The van der Waals surface area contributed by atoms with Crippen LogP contribution in [0.3, 0.4) is 0 Å². The molecular weight excluding hydrogens is 198 g/mol. The van der Waals surface area contributed by atoms with Gasteiger partial charge in [0, 0.05) is 23.7 Å². The van der Waals surface area contributed by atoms with Crippen molar-refractivity contribution in [3.8, 4) is 0 Å². The van der Waals surface area contributed by atoms with Crippen LogP contribution in [0.2, 0.25) is 0 Å². The summed E-state index contributed by atoms with van der Waals surface area (Å²) in [6.45, 7) is 8.28. The van der Waals surface area contributed by atoms with Crippen molar-refractivity contribution in [2.45, 2.75) is 40.2 Å². The fraction of sp³-hybridized carbons (Fsp3) is 0.500. The number of hydrogen-bond donors (Lipinski definition) is 1. The van der Waals surface area contributed by atoms with Gasteiger partial charge in [-0.1, -0.05) is 26.0 Å². The predicted molar refractivity (Wildman–Crippen MR) is 69.0 cm³/mol. The molecule has 2 heteroatoms. The zero-order valence-corrected chi connectivity index (χ0v) is 10.6. The third kappa shape index (κ3) is 3.69. The smallest absolute Gasteiger partial charge is 0.165 e. The third-order valence-corrected chi connectivity index (χ3v) is 2.27. The van der Waals surface area contributed by atoms with Crippen molar-refractivity contribution in [1.82, 2.24) is 0 Å². The van der Waals surface area contributed by atoms with Gasteiger partial charge in [-0.15, -0.1) is 0 Å². The summed E-state index contributed by atoms with van der Waals surface area (Å²) in [5.74, 6) is 0.623. The molecule has 0 amide bonds. The maximum absolute atomic E-state index is 12.0. The molecule has 1 aromatic carbocycles. The lowest BCUT2D eigenvalue weighted by molar-refractivity contribution is 0.0968. The second kappa shape index (κ2) is 5.69. The van der Waals surface area contributed by atoms with E-state index in [0.717, 1.165) is 11.3 Å². The van der Waals surface area contributed by atoms with Crippen LogP contribution in [0.1, 0.15) is 44.5 Å². The minimum atomic E-state index is 0.221. The fourth-order valence-corrected chi connectivity index (χ4v) is 1.64. The molecule has 0 aliphatic rings. The molecule has 0 fully saturated rings. The SMILES string of the molecule is CC(C)CC(=O)c1ccccc1NC(C)C. The molecule has 0 radical (unpaired) electrons. The van der Waals surface area contributed by atoms with Crippen LogP contribution >= 0.6 is 0 Å². The Morgan fingerprint density at radius 1 is 1.19 bits per heavy atom. The lowest BCUT2D eigenvalue weighted by Crippen LogP contribution is -2.14. The predicted octanol–water partition coefficient (Wildman–Crippen LogP) is 3.74. The third-order valence-electron chi connectivity index (χ3n) is 2.27. The van der Waals surface area contributed by atoms with E-state index >= 15 is 0 Å². The zero-order chi connectivity index (χ0) is 12.1. The summed E-state index contributed by atoms with van der Waals surface area (Å²) in [6, 6.07) is 8.08. The summed E-state index contributed by atoms with van der Waals surface area (Å²) in [4.78, 5) is 12.0. The lowest BCUT2D eigenvalue weighted by atomic mass is 9.99. The standard InChI is InChI=1S/C14H21NO/c1-10(2)9-14(16)12-7-5-6-8-13(12)15-11(3)4/h5-8,10-11,15H,9H2,1-4H3. The van der Waals surface area contributed by atoms with Gasteiger partial charge < -0.3 is 5.32 Å². The molecule has 0 saturated carbocycles. The van der Waals surface area contributed by atoms with Gasteiger partial charge in [-0.05, 0) is 31.9 Å². The molecule has 88 valence electrons. The van der Waals surface area contributed by atoms with Crippen molar-refractivity contribution < 1.29 is 4.79 Å². The first kappa shape index (κ1) is 12.8. The topological polar surface area (TPSA) is 29.1 Å². The van der Waals surface area contributed by atoms with Crippen molar-refractivity contribution >= 4 is 11.5 Å². The Morgan fingerprint density at radius 3 is 2.38 bits per heavy atom. The summed E-state index contributed by atoms with van der Waals surface area (Å²) in [5.41, 5.74) is 1.76. The van der Waals surface area contributed by atoms with E-state index in [9.17, 15) is 4.79 Å². The van der Waals surface area contributed by atoms with Gasteiger partial charge in [0.2, 0.25) is 0 Å². The summed E-state index contributed by atoms with van der Waals surface area (Å²) in [7, 11) is 0. The lowest BCUT2D eigenvalue weighted by Gasteiger charge is -2.14. The number of Topliss-reactive ketones (excluding diaryl/α,β-unsaturated/α-hetero) is 1. The molecule has 0 atom stereocenters. The second-order valence-corrected chi connectivity index (χ2v) is 4.87. The molecule has 1 aromatic rings. The van der Waals surface area contributed by atoms with Gasteiger partial charge >= 0.3 is 0 Å². The van der Waals surface area contributed by atoms with Crippen LogP contribution in [0.5, 0.6) is 0 Å². The molecule has 2 nitrogen and oxygen atoms in total. The van der Waals surface area contributed by atoms with Gasteiger partial charge in [-0.25, -0.2) is 0 Å². The molecule has 1 rings (SSSR count). The highest BCUT2D eigenvalue weighted by atomic mass is 16.1. The number of hydrogen-bond acceptors (Lipinski definition) is 2. The van der Waals surface area contributed by atoms with E-state index < -0.39 is 0 Å². The molecule has 0 heterocycles. The summed E-state index contributed by atoms with van der Waals surface area (Å²) < 4.78 is 0. The largest absolute Gasteiger partial charge is 0.382 e. The Kier molecular flexibility index (Phi) is 4.53. The summed E-state index contributed by atoms with van der Waals surface area (Å²) in [5, 5.41) is 3.31. The van der Waals surface area contributed by atoms with Gasteiger partial charge in [-0.2, -0.15) is 0 Å². The van der Waals surface area contributed by atoms with Crippen molar-refractivity contribution in [3.63, 3.8) is 0 Å². The Balaban J connectivity index is 2.89. The molecule has 0 unspecified atom stereocenters. The Bertz CT molecular complexity index is 356. The molecule has 0 bridgehead atoms. The first-order valence-electron chi connectivity index (χ1n) is 5.89. The van der Waals surface area contributed by atoms with E-state index in [1.54, 1.807) is 0 Å². The van der Waals surface area contributed by atoms with Gasteiger partial charge in [0.25, 0.3) is 0 Å². The van der Waals surface area contributed by atoms with E-state index in [4.69, 9.17) is 0 Å². The molecule has 1 N–H and O–H groups in total. The van der Waals surface area contributed by atoms with Crippen molar-refractivity contribution in [2.75, 3.05) is 5.32 Å². The number of nitrogens with one attached hydrogen (secondary N) is 1. The van der Waals surface area contributed by atoms with Crippen LogP contribution in [-0.4, -0.2) is 11.8 Å². The van der Waals surface area contributed by atoms with Crippen molar-refractivity contribution in [2.24, 2.45) is 5.92 Å². The van der Waals surface area contributed by atoms with E-state index in [-0.39, 0.29) is 5.78 Å². The average molecular weight is 219 g/mol. The highest BCUT2D eigenvalue weighted by molar-refractivity contribution is 6.01. The minimum Gasteiger partial charge on any atom is -0.382 e. The molecule has 0 aliphatic carbocycles. The second-order valence-electron chi connectivity index (χ2n) is 4.87. The van der Waals surface area contributed by atoms with Crippen molar-refractivity contribution in [3.05, 3.63) is 29.8 Å². The highest BCUT2D eigenvalue weighted by Gasteiger charge is 2.12. The highest BCUT2D eigenvalue weighted by Crippen LogP contribution is 2.19. The van der Waals surface area contributed by atoms with Crippen LogP contribution in [0.15, 0.2) is 24.3 Å². The van der Waals surface area contributed by atoms with Gasteiger partial charge in [0.1, 0.15) is 0 Å². The van der Waals surface area contributed by atoms with Crippen molar-refractivity contribution in [1.29, 1.82) is 0 Å². The van der Waals surface area contributed by atoms with Crippen LogP contribution in [-0.2, 0) is 0 Å². The minimum absolute atomic E-state index is 0.221. The summed E-state index contributed by atoms with van der Waals surface area (Å²) >= 11 is 0. The Hall–Kier alpha value is -1.31. The number of benzene rings is 1. The van der Waals surface area contributed by atoms with Gasteiger partial charge in [0.05, 0.1) is 0 Å². The Morgan fingerprint density at radius 2 is 1.81 bits per heavy atom. The van der Waals surface area contributed by atoms with E-state index in [0.29, 0.717) is 18.4 Å². The number of ketones is 1. The molecule has 16 heavy (non-hydrogen) atoms. The fourth-order valence-electron chi connectivity index (χ4n) is 1.64. The average Bonchev–Trinajstić information content (AvgIpc) is 2.16. The number of carbonyl (C=O) groups excluding carboxylic acids is 1. The quantitative estimate of drug-likeness (QED) is 0.764. The maximum atomic E-state index is 12.0. The first-order chi connectivity index (χ1) is 7.50. The molecule has 0 aliphatic heterocycles.